The summed E-state index contributed by atoms with van der Waals surface area (Å²) in [6.07, 6.45) is 0. The van der Waals surface area contributed by atoms with Gasteiger partial charge in [0.25, 0.3) is 5.91 Å². The highest BCUT2D eigenvalue weighted by atomic mass is 32.2. The van der Waals surface area contributed by atoms with Gasteiger partial charge in [-0.15, -0.1) is 0 Å². The molecule has 0 saturated carbocycles. The third kappa shape index (κ3) is 5.69. The molecule has 6 nitrogen and oxygen atoms in total. The molecule has 0 radical (unpaired) electrons. The van der Waals surface area contributed by atoms with E-state index in [0.29, 0.717) is 5.56 Å². The number of carbonyl (C=O) groups is 1. The summed E-state index contributed by atoms with van der Waals surface area (Å²) in [5.41, 5.74) is -0.00713. The van der Waals surface area contributed by atoms with Gasteiger partial charge in [-0.1, -0.05) is 19.1 Å². The van der Waals surface area contributed by atoms with Crippen molar-refractivity contribution in [1.29, 1.82) is 0 Å². The van der Waals surface area contributed by atoms with Gasteiger partial charge < -0.3 is 10.1 Å². The first-order valence-electron chi connectivity index (χ1n) is 7.84. The molecule has 0 atom stereocenters. The van der Waals surface area contributed by atoms with E-state index in [-0.39, 0.29) is 23.7 Å². The summed E-state index contributed by atoms with van der Waals surface area (Å²) < 4.78 is 68.9. The molecular weight excluding hydrogens is 385 g/mol. The van der Waals surface area contributed by atoms with Crippen LogP contribution in [-0.2, 0) is 16.6 Å². The summed E-state index contributed by atoms with van der Waals surface area (Å²) >= 11 is 0. The van der Waals surface area contributed by atoms with E-state index in [1.54, 1.807) is 13.0 Å². The van der Waals surface area contributed by atoms with Crippen LogP contribution in [0.3, 0.4) is 0 Å². The van der Waals surface area contributed by atoms with Gasteiger partial charge in [0.05, 0.1) is 10.5 Å². The van der Waals surface area contributed by atoms with E-state index in [0.717, 1.165) is 18.2 Å². The third-order valence-electron chi connectivity index (χ3n) is 3.40. The van der Waals surface area contributed by atoms with Gasteiger partial charge in [0.15, 0.2) is 0 Å². The van der Waals surface area contributed by atoms with Crippen LogP contribution in [-0.4, -0.2) is 27.5 Å². The first-order valence-corrected chi connectivity index (χ1v) is 9.32. The van der Waals surface area contributed by atoms with Crippen LogP contribution in [0.2, 0.25) is 0 Å². The van der Waals surface area contributed by atoms with Crippen LogP contribution in [0.15, 0.2) is 47.4 Å². The maximum atomic E-state index is 13.9. The minimum atomic E-state index is -3.85. The monoisotopic (exact) mass is 402 g/mol. The van der Waals surface area contributed by atoms with Crippen molar-refractivity contribution >= 4 is 15.9 Å². The molecule has 2 aromatic carbocycles. The first kappa shape index (κ1) is 20.7. The Morgan fingerprint density at radius 3 is 2.59 bits per heavy atom. The number of alkyl halides is 2. The van der Waals surface area contributed by atoms with E-state index in [9.17, 15) is 26.4 Å². The zero-order valence-electron chi connectivity index (χ0n) is 14.2. The third-order valence-corrected chi connectivity index (χ3v) is 4.95. The quantitative estimate of drug-likeness (QED) is 0.711. The highest BCUT2D eigenvalue weighted by Crippen LogP contribution is 2.17. The molecule has 0 aliphatic rings. The van der Waals surface area contributed by atoms with Gasteiger partial charge >= 0.3 is 6.61 Å². The number of rotatable bonds is 8. The van der Waals surface area contributed by atoms with Crippen molar-refractivity contribution in [3.8, 4) is 5.75 Å². The van der Waals surface area contributed by atoms with Crippen LogP contribution in [0.1, 0.15) is 22.8 Å². The summed E-state index contributed by atoms with van der Waals surface area (Å²) in [5.74, 6) is -1.82. The molecule has 0 aliphatic carbocycles. The number of amides is 1. The minimum Gasteiger partial charge on any atom is -0.435 e. The molecule has 10 heteroatoms. The Kier molecular flexibility index (Phi) is 6.81. The molecule has 27 heavy (non-hydrogen) atoms. The Morgan fingerprint density at radius 2 is 1.93 bits per heavy atom. The lowest BCUT2D eigenvalue weighted by Crippen LogP contribution is -2.26. The molecule has 0 aromatic heterocycles. The fraction of sp³-hybridized carbons (Fsp3) is 0.235. The van der Waals surface area contributed by atoms with E-state index >= 15 is 0 Å². The molecule has 0 bridgehead atoms. The fourth-order valence-corrected chi connectivity index (χ4v) is 3.29. The number of benzene rings is 2. The number of ether oxygens (including phenoxy) is 1. The van der Waals surface area contributed by atoms with Crippen molar-refractivity contribution < 1.29 is 31.1 Å². The van der Waals surface area contributed by atoms with E-state index in [1.807, 2.05) is 0 Å². The maximum absolute atomic E-state index is 13.9. The van der Waals surface area contributed by atoms with Crippen molar-refractivity contribution in [3.05, 3.63) is 59.4 Å². The number of hydrogen-bond acceptors (Lipinski definition) is 4. The Bertz CT molecular complexity index is 920. The van der Waals surface area contributed by atoms with Gasteiger partial charge in [-0.3, -0.25) is 4.79 Å². The van der Waals surface area contributed by atoms with Crippen LogP contribution < -0.4 is 14.8 Å². The van der Waals surface area contributed by atoms with Gasteiger partial charge in [0.2, 0.25) is 10.0 Å². The van der Waals surface area contributed by atoms with Crippen LogP contribution >= 0.6 is 0 Å². The van der Waals surface area contributed by atoms with Gasteiger partial charge in [0.1, 0.15) is 11.6 Å². The second-order valence-corrected chi connectivity index (χ2v) is 7.12. The summed E-state index contributed by atoms with van der Waals surface area (Å²) in [5, 5.41) is 2.41. The minimum absolute atomic E-state index is 0.0818. The summed E-state index contributed by atoms with van der Waals surface area (Å²) in [4.78, 5) is 12.0. The second kappa shape index (κ2) is 8.87. The van der Waals surface area contributed by atoms with Crippen molar-refractivity contribution in [3.63, 3.8) is 0 Å². The lowest BCUT2D eigenvalue weighted by molar-refractivity contribution is -0.0498. The highest BCUT2D eigenvalue weighted by Gasteiger charge is 2.19. The first-order chi connectivity index (χ1) is 12.7. The van der Waals surface area contributed by atoms with Crippen LogP contribution in [0, 0.1) is 5.82 Å². The predicted molar refractivity (Wildman–Crippen MR) is 91.5 cm³/mol. The van der Waals surface area contributed by atoms with Crippen molar-refractivity contribution in [2.45, 2.75) is 25.0 Å². The van der Waals surface area contributed by atoms with E-state index in [2.05, 4.69) is 14.8 Å². The molecule has 146 valence electrons. The van der Waals surface area contributed by atoms with E-state index in [4.69, 9.17) is 0 Å². The van der Waals surface area contributed by atoms with Gasteiger partial charge in [-0.05, 0) is 35.9 Å². The van der Waals surface area contributed by atoms with Crippen molar-refractivity contribution in [2.24, 2.45) is 0 Å². The van der Waals surface area contributed by atoms with Crippen LogP contribution in [0.4, 0.5) is 13.2 Å². The average Bonchev–Trinajstić information content (AvgIpc) is 2.59. The zero-order chi connectivity index (χ0) is 20.0. The van der Waals surface area contributed by atoms with Gasteiger partial charge in [0, 0.05) is 13.1 Å². The topological polar surface area (TPSA) is 84.5 Å². The largest absolute Gasteiger partial charge is 0.435 e. The molecule has 0 unspecified atom stereocenters. The molecule has 1 amide bonds. The molecule has 0 saturated heterocycles. The van der Waals surface area contributed by atoms with Gasteiger partial charge in [-0.2, -0.15) is 8.78 Å². The van der Waals surface area contributed by atoms with E-state index in [1.165, 1.54) is 18.2 Å². The van der Waals surface area contributed by atoms with Crippen molar-refractivity contribution in [1.82, 2.24) is 10.0 Å². The Balaban J connectivity index is 2.14. The standard InChI is InChI=1S/C17H17F3N2O4S/c1-2-22-27(24,25)13-6-7-15(18)14(9-13)16(23)21-10-11-4-3-5-12(8-11)26-17(19)20/h3-9,17,22H,2,10H2,1H3,(H,21,23). The smallest absolute Gasteiger partial charge is 0.387 e. The average molecular weight is 402 g/mol. The normalized spacial score (nSPS) is 11.4. The van der Waals surface area contributed by atoms with Crippen molar-refractivity contribution in [2.75, 3.05) is 6.54 Å². The number of nitrogens with one attached hydrogen (secondary N) is 2. The predicted octanol–water partition coefficient (Wildman–Crippen LogP) is 2.66. The highest BCUT2D eigenvalue weighted by molar-refractivity contribution is 7.89. The molecule has 2 rings (SSSR count). The molecule has 0 heterocycles. The lowest BCUT2D eigenvalue weighted by atomic mass is 10.1. The molecule has 2 N–H and O–H groups in total. The van der Waals surface area contributed by atoms with Crippen LogP contribution in [0.5, 0.6) is 5.75 Å². The number of hydrogen-bond donors (Lipinski definition) is 2. The van der Waals surface area contributed by atoms with Crippen LogP contribution in [0.25, 0.3) is 0 Å². The number of carbonyl (C=O) groups excluding carboxylic acids is 1. The summed E-state index contributed by atoms with van der Waals surface area (Å²) in [6.45, 7) is -1.35. The zero-order valence-corrected chi connectivity index (χ0v) is 15.0. The molecular formula is C17H17F3N2O4S. The SMILES string of the molecule is CCNS(=O)(=O)c1ccc(F)c(C(=O)NCc2cccc(OC(F)F)c2)c1. The Morgan fingerprint density at radius 1 is 1.19 bits per heavy atom. The maximum Gasteiger partial charge on any atom is 0.387 e. The second-order valence-electron chi connectivity index (χ2n) is 5.35. The lowest BCUT2D eigenvalue weighted by Gasteiger charge is -2.10. The fourth-order valence-electron chi connectivity index (χ4n) is 2.23. The van der Waals surface area contributed by atoms with Gasteiger partial charge in [-0.25, -0.2) is 17.5 Å². The molecule has 2 aromatic rings. The number of sulfonamides is 1. The number of halogens is 3. The molecule has 0 aliphatic heterocycles. The Hall–Kier alpha value is -2.59. The van der Waals surface area contributed by atoms with E-state index < -0.39 is 33.9 Å². The Labute approximate surface area is 154 Å². The molecule has 0 spiro atoms. The summed E-state index contributed by atoms with van der Waals surface area (Å²) in [6, 6.07) is 8.51. The summed E-state index contributed by atoms with van der Waals surface area (Å²) in [7, 11) is -3.85. The molecule has 0 fully saturated rings.